The summed E-state index contributed by atoms with van der Waals surface area (Å²) in [6.07, 6.45) is 2.06. The molecule has 13 heavy (non-hydrogen) atoms. The Morgan fingerprint density at radius 2 is 2.00 bits per heavy atom. The number of anilines is 1. The number of aromatic nitrogens is 2. The minimum Gasteiger partial charge on any atom is -0.396 e. The summed E-state index contributed by atoms with van der Waals surface area (Å²) in [5.74, 6) is 0. The fourth-order valence-corrected chi connectivity index (χ4v) is 1.54. The molecule has 0 atom stereocenters. The number of nitrogens with two attached hydrogens (primary N) is 1. The smallest absolute Gasteiger partial charge is 0.160 e. The molecule has 3 nitrogen and oxygen atoms in total. The molecule has 0 aliphatic carbocycles. The van der Waals surface area contributed by atoms with E-state index in [2.05, 4.69) is 11.2 Å². The molecular weight excluding hydrogens is 162 g/mol. The van der Waals surface area contributed by atoms with Gasteiger partial charge in [0.2, 0.25) is 0 Å². The average Bonchev–Trinajstić information content (AvgIpc) is 2.32. The molecule has 0 radical (unpaired) electrons. The Labute approximate surface area is 77.2 Å². The maximum Gasteiger partial charge on any atom is 0.160 e. The Bertz CT molecular complexity index is 468. The number of imidazole rings is 1. The summed E-state index contributed by atoms with van der Waals surface area (Å²) in [5, 5.41) is 0. The van der Waals surface area contributed by atoms with E-state index in [0.29, 0.717) is 0 Å². The van der Waals surface area contributed by atoms with Crippen LogP contribution in [0.4, 0.5) is 5.69 Å². The van der Waals surface area contributed by atoms with E-state index in [-0.39, 0.29) is 0 Å². The van der Waals surface area contributed by atoms with Gasteiger partial charge < -0.3 is 10.1 Å². The third-order valence-corrected chi connectivity index (χ3v) is 2.36. The Morgan fingerprint density at radius 1 is 1.31 bits per heavy atom. The zero-order valence-electron chi connectivity index (χ0n) is 8.13. The van der Waals surface area contributed by atoms with E-state index in [1.165, 1.54) is 0 Å². The number of hydrogen-bond donors (Lipinski definition) is 1. The third kappa shape index (κ3) is 1.08. The summed E-state index contributed by atoms with van der Waals surface area (Å²) >= 11 is 0. The van der Waals surface area contributed by atoms with Crippen LogP contribution in [0.2, 0.25) is 0 Å². The van der Waals surface area contributed by atoms with E-state index in [9.17, 15) is 0 Å². The number of nitrogen functional groups attached to an aromatic ring is 1. The number of nitrogens with zero attached hydrogens (tertiary/aromatic N) is 2. The maximum absolute atomic E-state index is 5.86. The van der Waals surface area contributed by atoms with Crippen molar-refractivity contribution in [3.05, 3.63) is 29.2 Å². The van der Waals surface area contributed by atoms with Crippen LogP contribution in [0.25, 0.3) is 5.65 Å². The number of aryl methyl sites for hydroxylation is 3. The minimum absolute atomic E-state index is 0.746. The molecule has 0 unspecified atom stereocenters. The van der Waals surface area contributed by atoms with Gasteiger partial charge in [0.15, 0.2) is 5.65 Å². The molecule has 2 heterocycles. The molecule has 2 N–H and O–H groups in total. The van der Waals surface area contributed by atoms with Crippen molar-refractivity contribution in [3.63, 3.8) is 0 Å². The van der Waals surface area contributed by atoms with Crippen molar-refractivity contribution in [2.75, 3.05) is 5.73 Å². The summed E-state index contributed by atoms with van der Waals surface area (Å²) in [6.45, 7) is 6.08. The standard InChI is InChI=1S/C10H13N3/c1-6-4-9(11)10-12-7(2)8(3)13(10)5-6/h4-5H,11H2,1-3H3. The van der Waals surface area contributed by atoms with Gasteiger partial charge in [0.1, 0.15) is 0 Å². The summed E-state index contributed by atoms with van der Waals surface area (Å²) < 4.78 is 2.04. The first-order chi connectivity index (χ1) is 6.09. The first-order valence-corrected chi connectivity index (χ1v) is 4.31. The Balaban J connectivity index is 2.94. The van der Waals surface area contributed by atoms with Gasteiger partial charge in [0.25, 0.3) is 0 Å². The van der Waals surface area contributed by atoms with Gasteiger partial charge in [0, 0.05) is 11.9 Å². The highest BCUT2D eigenvalue weighted by Gasteiger charge is 2.06. The minimum atomic E-state index is 0.746. The molecule has 0 bridgehead atoms. The molecule has 3 heteroatoms. The Morgan fingerprint density at radius 3 is 2.69 bits per heavy atom. The van der Waals surface area contributed by atoms with Gasteiger partial charge in [-0.1, -0.05) is 0 Å². The fraction of sp³-hybridized carbons (Fsp3) is 0.300. The van der Waals surface area contributed by atoms with Crippen LogP contribution in [-0.4, -0.2) is 9.38 Å². The maximum atomic E-state index is 5.86. The van der Waals surface area contributed by atoms with E-state index in [1.807, 2.05) is 31.2 Å². The van der Waals surface area contributed by atoms with Gasteiger partial charge in [0.05, 0.1) is 11.4 Å². The summed E-state index contributed by atoms with van der Waals surface area (Å²) in [4.78, 5) is 4.39. The Hall–Kier alpha value is -1.51. The van der Waals surface area contributed by atoms with E-state index >= 15 is 0 Å². The van der Waals surface area contributed by atoms with Gasteiger partial charge in [-0.25, -0.2) is 4.98 Å². The van der Waals surface area contributed by atoms with Gasteiger partial charge in [-0.15, -0.1) is 0 Å². The highest BCUT2D eigenvalue weighted by atomic mass is 15.0. The van der Waals surface area contributed by atoms with Crippen LogP contribution >= 0.6 is 0 Å². The molecule has 0 aliphatic rings. The van der Waals surface area contributed by atoms with Crippen molar-refractivity contribution in [1.82, 2.24) is 9.38 Å². The van der Waals surface area contributed by atoms with Gasteiger partial charge in [-0.2, -0.15) is 0 Å². The fourth-order valence-electron chi connectivity index (χ4n) is 1.54. The molecule has 0 aliphatic heterocycles. The van der Waals surface area contributed by atoms with Crippen LogP contribution in [0, 0.1) is 20.8 Å². The first kappa shape index (κ1) is 8.10. The van der Waals surface area contributed by atoms with Gasteiger partial charge in [-0.3, -0.25) is 0 Å². The van der Waals surface area contributed by atoms with Crippen molar-refractivity contribution < 1.29 is 0 Å². The van der Waals surface area contributed by atoms with Crippen molar-refractivity contribution in [2.24, 2.45) is 0 Å². The molecule has 0 spiro atoms. The van der Waals surface area contributed by atoms with E-state index in [4.69, 9.17) is 5.73 Å². The lowest BCUT2D eigenvalue weighted by atomic mass is 10.3. The monoisotopic (exact) mass is 175 g/mol. The second-order valence-electron chi connectivity index (χ2n) is 3.45. The second kappa shape index (κ2) is 2.49. The van der Waals surface area contributed by atoms with E-state index in [1.54, 1.807) is 0 Å². The van der Waals surface area contributed by atoms with Crippen molar-refractivity contribution >= 4 is 11.3 Å². The highest BCUT2D eigenvalue weighted by Crippen LogP contribution is 2.18. The number of fused-ring (bicyclic) bond motifs is 1. The largest absolute Gasteiger partial charge is 0.396 e. The van der Waals surface area contributed by atoms with Crippen LogP contribution in [0.1, 0.15) is 17.0 Å². The molecule has 68 valence electrons. The van der Waals surface area contributed by atoms with E-state index < -0.39 is 0 Å². The molecular formula is C10H13N3. The molecule has 2 aromatic heterocycles. The zero-order valence-corrected chi connectivity index (χ0v) is 8.13. The van der Waals surface area contributed by atoms with Gasteiger partial charge in [-0.05, 0) is 32.4 Å². The molecule has 0 saturated heterocycles. The van der Waals surface area contributed by atoms with Gasteiger partial charge >= 0.3 is 0 Å². The zero-order chi connectivity index (χ0) is 9.59. The van der Waals surface area contributed by atoms with Crippen molar-refractivity contribution in [1.29, 1.82) is 0 Å². The number of pyridine rings is 1. The predicted octanol–water partition coefficient (Wildman–Crippen LogP) is 1.84. The van der Waals surface area contributed by atoms with Crippen molar-refractivity contribution in [3.8, 4) is 0 Å². The number of hydrogen-bond acceptors (Lipinski definition) is 2. The lowest BCUT2D eigenvalue weighted by molar-refractivity contribution is 1.08. The van der Waals surface area contributed by atoms with Crippen molar-refractivity contribution in [2.45, 2.75) is 20.8 Å². The summed E-state index contributed by atoms with van der Waals surface area (Å²) in [6, 6.07) is 1.95. The lowest BCUT2D eigenvalue weighted by Crippen LogP contribution is -1.95. The SMILES string of the molecule is Cc1cc(N)c2nc(C)c(C)n2c1. The molecule has 0 amide bonds. The van der Waals surface area contributed by atoms with Crippen LogP contribution < -0.4 is 5.73 Å². The van der Waals surface area contributed by atoms with Crippen LogP contribution in [0.15, 0.2) is 12.3 Å². The van der Waals surface area contributed by atoms with Crippen LogP contribution in [-0.2, 0) is 0 Å². The highest BCUT2D eigenvalue weighted by molar-refractivity contribution is 5.66. The van der Waals surface area contributed by atoms with Crippen LogP contribution in [0.3, 0.4) is 0 Å². The molecule has 0 saturated carbocycles. The van der Waals surface area contributed by atoms with Crippen LogP contribution in [0.5, 0.6) is 0 Å². The third-order valence-electron chi connectivity index (χ3n) is 2.36. The van der Waals surface area contributed by atoms with E-state index in [0.717, 1.165) is 28.3 Å². The Kier molecular flexibility index (Phi) is 1.55. The first-order valence-electron chi connectivity index (χ1n) is 4.31. The summed E-state index contributed by atoms with van der Waals surface area (Å²) in [5.41, 5.74) is 10.8. The summed E-state index contributed by atoms with van der Waals surface area (Å²) in [7, 11) is 0. The predicted molar refractivity (Wildman–Crippen MR) is 53.8 cm³/mol. The normalized spacial score (nSPS) is 11.0. The lowest BCUT2D eigenvalue weighted by Gasteiger charge is -2.01. The number of rotatable bonds is 0. The molecule has 2 aromatic rings. The molecule has 0 fully saturated rings. The molecule has 0 aromatic carbocycles. The molecule has 2 rings (SSSR count). The topological polar surface area (TPSA) is 43.3 Å². The average molecular weight is 175 g/mol. The second-order valence-corrected chi connectivity index (χ2v) is 3.45. The quantitative estimate of drug-likeness (QED) is 0.664.